The minimum absolute atomic E-state index is 0.220. The van der Waals surface area contributed by atoms with E-state index in [9.17, 15) is 9.59 Å². The van der Waals surface area contributed by atoms with Crippen LogP contribution in [0.4, 0.5) is 0 Å². The summed E-state index contributed by atoms with van der Waals surface area (Å²) in [5, 5.41) is 5.97. The van der Waals surface area contributed by atoms with Gasteiger partial charge in [0.1, 0.15) is 5.69 Å². The van der Waals surface area contributed by atoms with Gasteiger partial charge in [-0.25, -0.2) is 5.10 Å². The average molecular weight is 322 g/mol. The zero-order valence-electron chi connectivity index (χ0n) is 10.3. The van der Waals surface area contributed by atoms with Gasteiger partial charge in [0.25, 0.3) is 11.5 Å². The predicted molar refractivity (Wildman–Crippen MR) is 74.8 cm³/mol. The Labute approximate surface area is 118 Å². The Kier molecular flexibility index (Phi) is 4.11. The lowest BCUT2D eigenvalue weighted by molar-refractivity contribution is 0.0778. The van der Waals surface area contributed by atoms with Crippen molar-refractivity contribution in [3.8, 4) is 0 Å². The molecule has 1 aromatic heterocycles. The molecule has 0 aliphatic carbocycles. The molecule has 0 saturated heterocycles. The van der Waals surface area contributed by atoms with Crippen molar-refractivity contribution in [2.75, 3.05) is 7.05 Å². The summed E-state index contributed by atoms with van der Waals surface area (Å²) < 4.78 is 0.966. The Balaban J connectivity index is 2.11. The maximum atomic E-state index is 12.1. The SMILES string of the molecule is CN(Cc1cccc(Br)c1)C(=O)c1ccc(=O)[nH]n1. The number of hydrogen-bond acceptors (Lipinski definition) is 3. The van der Waals surface area contributed by atoms with E-state index in [1.165, 1.54) is 12.1 Å². The highest BCUT2D eigenvalue weighted by Gasteiger charge is 2.13. The van der Waals surface area contributed by atoms with Crippen molar-refractivity contribution in [3.63, 3.8) is 0 Å². The number of aromatic nitrogens is 2. The molecule has 0 bridgehead atoms. The molecule has 0 radical (unpaired) electrons. The Hall–Kier alpha value is -1.95. The first-order chi connectivity index (χ1) is 9.06. The molecule has 1 heterocycles. The van der Waals surface area contributed by atoms with E-state index in [1.807, 2.05) is 24.3 Å². The number of benzene rings is 1. The van der Waals surface area contributed by atoms with Crippen LogP contribution in [0, 0.1) is 0 Å². The molecule has 0 saturated carbocycles. The van der Waals surface area contributed by atoms with Crippen molar-refractivity contribution >= 4 is 21.8 Å². The number of H-pyrrole nitrogens is 1. The van der Waals surface area contributed by atoms with E-state index >= 15 is 0 Å². The molecule has 1 amide bonds. The summed E-state index contributed by atoms with van der Waals surface area (Å²) in [4.78, 5) is 24.5. The lowest BCUT2D eigenvalue weighted by Gasteiger charge is -2.16. The van der Waals surface area contributed by atoms with Crippen molar-refractivity contribution in [3.05, 3.63) is 62.5 Å². The number of nitrogens with one attached hydrogen (secondary N) is 1. The molecule has 6 heteroatoms. The van der Waals surface area contributed by atoms with E-state index in [2.05, 4.69) is 26.1 Å². The van der Waals surface area contributed by atoms with Crippen molar-refractivity contribution in [2.45, 2.75) is 6.54 Å². The minimum Gasteiger partial charge on any atom is -0.336 e. The molecular formula is C13H12BrN3O2. The van der Waals surface area contributed by atoms with E-state index in [4.69, 9.17) is 0 Å². The maximum Gasteiger partial charge on any atom is 0.274 e. The quantitative estimate of drug-likeness (QED) is 0.937. The van der Waals surface area contributed by atoms with Crippen LogP contribution in [-0.2, 0) is 6.54 Å². The summed E-state index contributed by atoms with van der Waals surface area (Å²) in [6.45, 7) is 0.471. The van der Waals surface area contributed by atoms with Crippen LogP contribution in [0.2, 0.25) is 0 Å². The van der Waals surface area contributed by atoms with Crippen LogP contribution in [0.5, 0.6) is 0 Å². The van der Waals surface area contributed by atoms with E-state index in [-0.39, 0.29) is 17.2 Å². The number of hydrogen-bond donors (Lipinski definition) is 1. The van der Waals surface area contributed by atoms with Gasteiger partial charge in [0.05, 0.1) is 0 Å². The second-order valence-electron chi connectivity index (χ2n) is 4.10. The summed E-state index contributed by atoms with van der Waals surface area (Å²) in [6.07, 6.45) is 0. The maximum absolute atomic E-state index is 12.1. The molecular weight excluding hydrogens is 310 g/mol. The summed E-state index contributed by atoms with van der Waals surface area (Å²) in [5.41, 5.74) is 0.901. The average Bonchev–Trinajstić information content (AvgIpc) is 2.39. The fraction of sp³-hybridized carbons (Fsp3) is 0.154. The summed E-state index contributed by atoms with van der Waals surface area (Å²) in [7, 11) is 1.69. The van der Waals surface area contributed by atoms with Gasteiger partial charge in [-0.1, -0.05) is 28.1 Å². The highest BCUT2D eigenvalue weighted by atomic mass is 79.9. The lowest BCUT2D eigenvalue weighted by atomic mass is 10.2. The van der Waals surface area contributed by atoms with Crippen LogP contribution >= 0.6 is 15.9 Å². The van der Waals surface area contributed by atoms with E-state index in [1.54, 1.807) is 11.9 Å². The fourth-order valence-corrected chi connectivity index (χ4v) is 2.09. The van der Waals surface area contributed by atoms with Crippen LogP contribution in [0.1, 0.15) is 16.1 Å². The number of rotatable bonds is 3. The highest BCUT2D eigenvalue weighted by Crippen LogP contribution is 2.13. The molecule has 0 unspecified atom stereocenters. The highest BCUT2D eigenvalue weighted by molar-refractivity contribution is 9.10. The summed E-state index contributed by atoms with van der Waals surface area (Å²) >= 11 is 3.39. The number of amides is 1. The number of halogens is 1. The van der Waals surface area contributed by atoms with Gasteiger partial charge in [-0.2, -0.15) is 5.10 Å². The van der Waals surface area contributed by atoms with Crippen molar-refractivity contribution < 1.29 is 4.79 Å². The predicted octanol–water partition coefficient (Wildman–Crippen LogP) is 1.80. The Bertz CT molecular complexity index is 634. The molecule has 1 N–H and O–H groups in total. The largest absolute Gasteiger partial charge is 0.336 e. The third-order valence-corrected chi connectivity index (χ3v) is 3.05. The number of carbonyl (C=O) groups excluding carboxylic acids is 1. The van der Waals surface area contributed by atoms with Crippen molar-refractivity contribution in [1.29, 1.82) is 0 Å². The summed E-state index contributed by atoms with van der Waals surface area (Å²) in [6, 6.07) is 10.4. The van der Waals surface area contributed by atoms with Crippen LogP contribution in [0.15, 0.2) is 45.7 Å². The van der Waals surface area contributed by atoms with E-state index in [0.29, 0.717) is 6.54 Å². The normalized spacial score (nSPS) is 10.2. The smallest absolute Gasteiger partial charge is 0.274 e. The topological polar surface area (TPSA) is 66.1 Å². The molecule has 19 heavy (non-hydrogen) atoms. The molecule has 0 atom stereocenters. The van der Waals surface area contributed by atoms with Crippen LogP contribution in [0.25, 0.3) is 0 Å². The monoisotopic (exact) mass is 321 g/mol. The second kappa shape index (κ2) is 5.79. The molecule has 98 valence electrons. The molecule has 2 rings (SSSR count). The fourth-order valence-electron chi connectivity index (χ4n) is 1.64. The van der Waals surface area contributed by atoms with Gasteiger partial charge in [-0.05, 0) is 23.8 Å². The first kappa shape index (κ1) is 13.5. The zero-order chi connectivity index (χ0) is 13.8. The van der Waals surface area contributed by atoms with Gasteiger partial charge in [0.2, 0.25) is 0 Å². The number of nitrogens with zero attached hydrogens (tertiary/aromatic N) is 2. The first-order valence-corrected chi connectivity index (χ1v) is 6.41. The van der Waals surface area contributed by atoms with E-state index < -0.39 is 0 Å². The van der Waals surface area contributed by atoms with Gasteiger partial charge in [0.15, 0.2) is 0 Å². The van der Waals surface area contributed by atoms with Gasteiger partial charge in [-0.15, -0.1) is 0 Å². The first-order valence-electron chi connectivity index (χ1n) is 5.62. The van der Waals surface area contributed by atoms with Crippen molar-refractivity contribution in [2.24, 2.45) is 0 Å². The molecule has 0 fully saturated rings. The number of aromatic amines is 1. The van der Waals surface area contributed by atoms with Crippen LogP contribution in [-0.4, -0.2) is 28.1 Å². The van der Waals surface area contributed by atoms with Gasteiger partial charge >= 0.3 is 0 Å². The Morgan fingerprint density at radius 1 is 1.37 bits per heavy atom. The van der Waals surface area contributed by atoms with Crippen molar-refractivity contribution in [1.82, 2.24) is 15.1 Å². The Morgan fingerprint density at radius 3 is 2.79 bits per heavy atom. The van der Waals surface area contributed by atoms with Crippen LogP contribution < -0.4 is 5.56 Å². The third kappa shape index (κ3) is 3.51. The van der Waals surface area contributed by atoms with Gasteiger partial charge < -0.3 is 4.90 Å². The minimum atomic E-state index is -0.328. The zero-order valence-corrected chi connectivity index (χ0v) is 11.8. The third-order valence-electron chi connectivity index (χ3n) is 2.55. The van der Waals surface area contributed by atoms with E-state index in [0.717, 1.165) is 10.0 Å². The molecule has 1 aromatic carbocycles. The standard InChI is InChI=1S/C13H12BrN3O2/c1-17(8-9-3-2-4-10(14)7-9)13(19)11-5-6-12(18)16-15-11/h2-7H,8H2,1H3,(H,16,18). The molecule has 2 aromatic rings. The van der Waals surface area contributed by atoms with Crippen LogP contribution in [0.3, 0.4) is 0 Å². The van der Waals surface area contributed by atoms with Gasteiger partial charge in [0, 0.05) is 24.1 Å². The molecule has 5 nitrogen and oxygen atoms in total. The Morgan fingerprint density at radius 2 is 2.16 bits per heavy atom. The molecule has 0 aliphatic rings. The summed E-state index contributed by atoms with van der Waals surface area (Å²) in [5.74, 6) is -0.240. The van der Waals surface area contributed by atoms with Gasteiger partial charge in [-0.3, -0.25) is 9.59 Å². The second-order valence-corrected chi connectivity index (χ2v) is 5.01. The molecule has 0 aliphatic heterocycles. The molecule has 0 spiro atoms. The number of carbonyl (C=O) groups is 1. The lowest BCUT2D eigenvalue weighted by Crippen LogP contribution is -2.28.